The first-order chi connectivity index (χ1) is 13.1. The number of likely N-dealkylation sites (tertiary alicyclic amines) is 1. The van der Waals surface area contributed by atoms with E-state index in [9.17, 15) is 19.8 Å². The van der Waals surface area contributed by atoms with Crippen LogP contribution in [0.2, 0.25) is 0 Å². The molecule has 2 aromatic rings. The summed E-state index contributed by atoms with van der Waals surface area (Å²) >= 11 is 0. The number of aliphatic hydroxyl groups is 1. The van der Waals surface area contributed by atoms with Crippen molar-refractivity contribution in [2.24, 2.45) is 5.41 Å². The molecule has 0 saturated carbocycles. The fraction of sp³-hybridized carbons (Fsp3) is 0.333. The SMILES string of the molecule is O=C(OCC1c2ccccc2-c2ccccc21)N1CCC(CO)(C(=O)O)C1. The number of carbonyl (C=O) groups is 2. The molecule has 1 amide bonds. The molecule has 2 aliphatic rings. The van der Waals surface area contributed by atoms with Gasteiger partial charge in [-0.2, -0.15) is 0 Å². The average Bonchev–Trinajstić information content (AvgIpc) is 3.27. The molecule has 1 heterocycles. The van der Waals surface area contributed by atoms with Gasteiger partial charge in [0.2, 0.25) is 0 Å². The Bertz CT molecular complexity index is 850. The van der Waals surface area contributed by atoms with Crippen molar-refractivity contribution >= 4 is 12.1 Å². The number of carboxylic acid groups (broad SMARTS) is 1. The zero-order valence-electron chi connectivity index (χ0n) is 14.8. The molecule has 140 valence electrons. The number of aliphatic hydroxyl groups excluding tert-OH is 1. The van der Waals surface area contributed by atoms with E-state index in [1.165, 1.54) is 4.90 Å². The Morgan fingerprint density at radius 2 is 1.67 bits per heavy atom. The highest BCUT2D eigenvalue weighted by Gasteiger charge is 2.46. The van der Waals surface area contributed by atoms with Crippen molar-refractivity contribution in [3.8, 4) is 11.1 Å². The third-order valence-corrected chi connectivity index (χ3v) is 5.70. The van der Waals surface area contributed by atoms with Crippen LogP contribution in [0.1, 0.15) is 23.5 Å². The van der Waals surface area contributed by atoms with Gasteiger partial charge >= 0.3 is 12.1 Å². The summed E-state index contributed by atoms with van der Waals surface area (Å²) in [5.41, 5.74) is 3.28. The van der Waals surface area contributed by atoms with Crippen molar-refractivity contribution in [2.45, 2.75) is 12.3 Å². The van der Waals surface area contributed by atoms with Gasteiger partial charge in [-0.1, -0.05) is 48.5 Å². The third-order valence-electron chi connectivity index (χ3n) is 5.70. The van der Waals surface area contributed by atoms with Crippen molar-refractivity contribution in [3.05, 3.63) is 59.7 Å². The van der Waals surface area contributed by atoms with Gasteiger partial charge in [0.1, 0.15) is 12.0 Å². The highest BCUT2D eigenvalue weighted by Crippen LogP contribution is 2.44. The lowest BCUT2D eigenvalue weighted by molar-refractivity contribution is -0.150. The molecule has 2 N–H and O–H groups in total. The average molecular weight is 367 g/mol. The van der Waals surface area contributed by atoms with E-state index in [2.05, 4.69) is 12.1 Å². The van der Waals surface area contributed by atoms with Crippen LogP contribution in [0.25, 0.3) is 11.1 Å². The zero-order valence-corrected chi connectivity index (χ0v) is 14.8. The van der Waals surface area contributed by atoms with Crippen molar-refractivity contribution in [1.82, 2.24) is 4.90 Å². The molecule has 0 spiro atoms. The lowest BCUT2D eigenvalue weighted by Crippen LogP contribution is -2.39. The number of benzene rings is 2. The van der Waals surface area contributed by atoms with Gasteiger partial charge in [-0.25, -0.2) is 4.79 Å². The van der Waals surface area contributed by atoms with E-state index in [1.54, 1.807) is 0 Å². The zero-order chi connectivity index (χ0) is 19.0. The molecule has 0 radical (unpaired) electrons. The maximum Gasteiger partial charge on any atom is 0.409 e. The Balaban J connectivity index is 1.48. The number of ether oxygens (including phenoxy) is 1. The predicted octanol–water partition coefficient (Wildman–Crippen LogP) is 2.70. The van der Waals surface area contributed by atoms with Gasteiger partial charge in [-0.05, 0) is 28.7 Å². The van der Waals surface area contributed by atoms with E-state index in [-0.39, 0.29) is 32.0 Å². The topological polar surface area (TPSA) is 87.1 Å². The first-order valence-corrected chi connectivity index (χ1v) is 9.00. The van der Waals surface area contributed by atoms with E-state index < -0.39 is 24.1 Å². The highest BCUT2D eigenvalue weighted by molar-refractivity contribution is 5.80. The number of amides is 1. The molecule has 0 aromatic heterocycles. The number of carbonyl (C=O) groups excluding carboxylic acids is 1. The molecule has 0 bridgehead atoms. The van der Waals surface area contributed by atoms with Crippen molar-refractivity contribution in [3.63, 3.8) is 0 Å². The van der Waals surface area contributed by atoms with Crippen molar-refractivity contribution in [1.29, 1.82) is 0 Å². The van der Waals surface area contributed by atoms with Gasteiger partial charge in [0.25, 0.3) is 0 Å². The quantitative estimate of drug-likeness (QED) is 0.868. The minimum atomic E-state index is -1.29. The molecule has 6 heteroatoms. The number of aliphatic carboxylic acids is 1. The molecule has 27 heavy (non-hydrogen) atoms. The summed E-state index contributed by atoms with van der Waals surface area (Å²) in [4.78, 5) is 25.3. The van der Waals surface area contributed by atoms with Crippen LogP contribution in [0.4, 0.5) is 4.79 Å². The third kappa shape index (κ3) is 2.86. The number of rotatable bonds is 4. The Hall–Kier alpha value is -2.86. The van der Waals surface area contributed by atoms with E-state index in [0.717, 1.165) is 22.3 Å². The molecule has 1 unspecified atom stereocenters. The standard InChI is InChI=1S/C21H21NO5/c23-13-21(19(24)25)9-10-22(12-21)20(26)27-11-18-16-7-3-1-5-14(16)15-6-2-4-8-17(15)18/h1-8,18,23H,9-13H2,(H,24,25). The molecule has 1 saturated heterocycles. The summed E-state index contributed by atoms with van der Waals surface area (Å²) in [6.07, 6.45) is -0.309. The Kier molecular flexibility index (Phi) is 4.36. The monoisotopic (exact) mass is 367 g/mol. The first kappa shape index (κ1) is 17.5. The summed E-state index contributed by atoms with van der Waals surface area (Å²) < 4.78 is 5.55. The molecule has 1 atom stereocenters. The van der Waals surface area contributed by atoms with Crippen molar-refractivity contribution < 1.29 is 24.5 Å². The summed E-state index contributed by atoms with van der Waals surface area (Å²) in [5.74, 6) is -1.12. The summed E-state index contributed by atoms with van der Waals surface area (Å²) in [6.45, 7) is -0.0584. The minimum Gasteiger partial charge on any atom is -0.481 e. The van der Waals surface area contributed by atoms with Crippen LogP contribution in [-0.4, -0.2) is 53.5 Å². The summed E-state index contributed by atoms with van der Waals surface area (Å²) in [7, 11) is 0. The summed E-state index contributed by atoms with van der Waals surface area (Å²) in [6, 6.07) is 16.2. The molecule has 1 aliphatic carbocycles. The number of fused-ring (bicyclic) bond motifs is 3. The Morgan fingerprint density at radius 3 is 2.19 bits per heavy atom. The van der Waals surface area contributed by atoms with E-state index in [4.69, 9.17) is 4.74 Å². The van der Waals surface area contributed by atoms with Crippen LogP contribution in [0, 0.1) is 5.41 Å². The second kappa shape index (κ2) is 6.70. The number of carboxylic acids is 1. The summed E-state index contributed by atoms with van der Waals surface area (Å²) in [5, 5.41) is 18.8. The van der Waals surface area contributed by atoms with Gasteiger partial charge < -0.3 is 19.8 Å². The van der Waals surface area contributed by atoms with Crippen LogP contribution in [-0.2, 0) is 9.53 Å². The van der Waals surface area contributed by atoms with Crippen LogP contribution in [0.3, 0.4) is 0 Å². The predicted molar refractivity (Wildman–Crippen MR) is 98.4 cm³/mol. The smallest absolute Gasteiger partial charge is 0.409 e. The van der Waals surface area contributed by atoms with Gasteiger partial charge in [0.15, 0.2) is 0 Å². The molecule has 4 rings (SSSR count). The second-order valence-electron chi connectivity index (χ2n) is 7.22. The Labute approximate surface area is 157 Å². The van der Waals surface area contributed by atoms with Crippen LogP contribution < -0.4 is 0 Å². The molecule has 1 fully saturated rings. The number of hydrogen-bond donors (Lipinski definition) is 2. The maximum atomic E-state index is 12.5. The van der Waals surface area contributed by atoms with Crippen LogP contribution in [0.5, 0.6) is 0 Å². The molecule has 2 aromatic carbocycles. The minimum absolute atomic E-state index is 0.0322. The van der Waals surface area contributed by atoms with E-state index >= 15 is 0 Å². The number of nitrogens with zero attached hydrogens (tertiary/aromatic N) is 1. The largest absolute Gasteiger partial charge is 0.481 e. The lowest BCUT2D eigenvalue weighted by atomic mass is 9.88. The molecule has 6 nitrogen and oxygen atoms in total. The fourth-order valence-electron chi connectivity index (χ4n) is 4.08. The number of hydrogen-bond acceptors (Lipinski definition) is 4. The molecule has 1 aliphatic heterocycles. The van der Waals surface area contributed by atoms with E-state index in [1.807, 2.05) is 36.4 Å². The highest BCUT2D eigenvalue weighted by atomic mass is 16.6. The van der Waals surface area contributed by atoms with Gasteiger partial charge in [-0.15, -0.1) is 0 Å². The second-order valence-corrected chi connectivity index (χ2v) is 7.22. The van der Waals surface area contributed by atoms with Gasteiger partial charge in [-0.3, -0.25) is 4.79 Å². The van der Waals surface area contributed by atoms with Crippen LogP contribution >= 0.6 is 0 Å². The maximum absolute atomic E-state index is 12.5. The Morgan fingerprint density at radius 1 is 1.07 bits per heavy atom. The molecular formula is C21H21NO5. The first-order valence-electron chi connectivity index (χ1n) is 9.00. The van der Waals surface area contributed by atoms with Gasteiger partial charge in [0, 0.05) is 19.0 Å². The van der Waals surface area contributed by atoms with Gasteiger partial charge in [0.05, 0.1) is 6.61 Å². The van der Waals surface area contributed by atoms with Crippen molar-refractivity contribution in [2.75, 3.05) is 26.3 Å². The van der Waals surface area contributed by atoms with E-state index in [0.29, 0.717) is 0 Å². The fourth-order valence-corrected chi connectivity index (χ4v) is 4.08. The lowest BCUT2D eigenvalue weighted by Gasteiger charge is -2.22. The normalized spacial score (nSPS) is 21.0. The molecular weight excluding hydrogens is 346 g/mol. The van der Waals surface area contributed by atoms with Crippen LogP contribution in [0.15, 0.2) is 48.5 Å².